The van der Waals surface area contributed by atoms with Gasteiger partial charge in [-0.05, 0) is 0 Å². The van der Waals surface area contributed by atoms with Gasteiger partial charge in [0.1, 0.15) is 0 Å². The first-order chi connectivity index (χ1) is 4.45. The van der Waals surface area contributed by atoms with Gasteiger partial charge in [0.05, 0.1) is 0 Å². The van der Waals surface area contributed by atoms with Crippen molar-refractivity contribution in [3.8, 4) is 0 Å². The molecular weight excluding hydrogens is 112 g/mol. The molecule has 2 nitrogen and oxygen atoms in total. The number of hydrogen-bond donors (Lipinski definition) is 1. The molecule has 9 heavy (non-hydrogen) atoms. The van der Waals surface area contributed by atoms with E-state index < -0.39 is 0 Å². The molecule has 2 rings (SSSR count). The van der Waals surface area contributed by atoms with Crippen LogP contribution in [0.5, 0.6) is 0 Å². The van der Waals surface area contributed by atoms with E-state index in [1.807, 2.05) is 0 Å². The lowest BCUT2D eigenvalue weighted by atomic mass is 10.0. The van der Waals surface area contributed by atoms with Gasteiger partial charge in [-0.3, -0.25) is 4.90 Å². The number of hydrogen-bond acceptors (Lipinski definition) is 2. The largest absolute Gasteiger partial charge is 0.304 e. The summed E-state index contributed by atoms with van der Waals surface area (Å²) in [6.07, 6.45) is 4.59. The van der Waals surface area contributed by atoms with Crippen LogP contribution in [-0.2, 0) is 0 Å². The van der Waals surface area contributed by atoms with Gasteiger partial charge in [0, 0.05) is 32.2 Å². The molecule has 0 aromatic carbocycles. The highest BCUT2D eigenvalue weighted by molar-refractivity contribution is 4.99. The molecule has 2 aliphatic heterocycles. The molecule has 0 radical (unpaired) electrons. The molecule has 2 bridgehead atoms. The Bertz CT molecular complexity index is 131. The van der Waals surface area contributed by atoms with Crippen molar-refractivity contribution in [2.24, 2.45) is 5.92 Å². The monoisotopic (exact) mass is 124 g/mol. The standard InChI is InChI=1S/C7H12N2/c1-2-7-4-8-6-9(3-1)5-7/h1-2,7-8H,3-6H2. The van der Waals surface area contributed by atoms with Gasteiger partial charge in [0.25, 0.3) is 0 Å². The molecule has 50 valence electrons. The summed E-state index contributed by atoms with van der Waals surface area (Å²) in [5, 5.41) is 3.36. The molecule has 2 unspecified atom stereocenters. The Kier molecular flexibility index (Phi) is 1.28. The third kappa shape index (κ3) is 1.00. The van der Waals surface area contributed by atoms with E-state index in [-0.39, 0.29) is 0 Å². The molecule has 0 saturated carbocycles. The van der Waals surface area contributed by atoms with Crippen LogP contribution in [0.15, 0.2) is 12.2 Å². The van der Waals surface area contributed by atoms with Crippen LogP contribution in [0, 0.1) is 5.92 Å². The van der Waals surface area contributed by atoms with Crippen LogP contribution < -0.4 is 5.32 Å². The first-order valence-electron chi connectivity index (χ1n) is 3.55. The van der Waals surface area contributed by atoms with Crippen molar-refractivity contribution >= 4 is 0 Å². The molecular formula is C7H12N2. The zero-order valence-corrected chi connectivity index (χ0v) is 5.51. The second-order valence-corrected chi connectivity index (χ2v) is 2.84. The first kappa shape index (κ1) is 5.45. The molecule has 0 aromatic rings. The molecule has 0 aliphatic carbocycles. The molecule has 1 saturated heterocycles. The van der Waals surface area contributed by atoms with E-state index >= 15 is 0 Å². The summed E-state index contributed by atoms with van der Waals surface area (Å²) >= 11 is 0. The van der Waals surface area contributed by atoms with Crippen LogP contribution in [0.1, 0.15) is 0 Å². The molecule has 1 fully saturated rings. The summed E-state index contributed by atoms with van der Waals surface area (Å²) in [4.78, 5) is 2.42. The first-order valence-corrected chi connectivity index (χ1v) is 3.55. The Morgan fingerprint density at radius 3 is 3.33 bits per heavy atom. The number of fused-ring (bicyclic) bond motifs is 2. The van der Waals surface area contributed by atoms with Gasteiger partial charge in [-0.1, -0.05) is 12.2 Å². The number of rotatable bonds is 0. The summed E-state index contributed by atoms with van der Waals surface area (Å²) in [7, 11) is 0. The van der Waals surface area contributed by atoms with Crippen molar-refractivity contribution in [3.63, 3.8) is 0 Å². The zero-order chi connectivity index (χ0) is 6.10. The highest BCUT2D eigenvalue weighted by atomic mass is 15.2. The predicted octanol–water partition coefficient (Wildman–Crippen LogP) is 0.0351. The lowest BCUT2D eigenvalue weighted by molar-refractivity contribution is 0.193. The SMILES string of the molecule is C1=CC2CNCN(C1)C2. The minimum atomic E-state index is 0.785. The van der Waals surface area contributed by atoms with E-state index in [1.165, 1.54) is 13.1 Å². The van der Waals surface area contributed by atoms with Gasteiger partial charge in [0.2, 0.25) is 0 Å². The summed E-state index contributed by atoms with van der Waals surface area (Å²) in [5.41, 5.74) is 0. The van der Waals surface area contributed by atoms with Gasteiger partial charge in [-0.15, -0.1) is 0 Å². The summed E-state index contributed by atoms with van der Waals surface area (Å²) in [5.74, 6) is 0.785. The van der Waals surface area contributed by atoms with E-state index in [0.29, 0.717) is 0 Å². The number of nitrogens with zero attached hydrogens (tertiary/aromatic N) is 1. The normalized spacial score (nSPS) is 40.9. The fraction of sp³-hybridized carbons (Fsp3) is 0.714. The Morgan fingerprint density at radius 1 is 1.56 bits per heavy atom. The fourth-order valence-electron chi connectivity index (χ4n) is 1.54. The van der Waals surface area contributed by atoms with E-state index in [1.54, 1.807) is 0 Å². The van der Waals surface area contributed by atoms with E-state index in [4.69, 9.17) is 0 Å². The Morgan fingerprint density at radius 2 is 2.56 bits per heavy atom. The van der Waals surface area contributed by atoms with E-state index in [0.717, 1.165) is 19.1 Å². The second kappa shape index (κ2) is 2.12. The molecule has 2 atom stereocenters. The average Bonchev–Trinajstić information content (AvgIpc) is 1.88. The average molecular weight is 124 g/mol. The maximum Gasteiger partial charge on any atom is 0.0483 e. The van der Waals surface area contributed by atoms with E-state index in [2.05, 4.69) is 22.4 Å². The fourth-order valence-corrected chi connectivity index (χ4v) is 1.54. The van der Waals surface area contributed by atoms with Crippen molar-refractivity contribution in [3.05, 3.63) is 12.2 Å². The molecule has 0 amide bonds. The van der Waals surface area contributed by atoms with Crippen molar-refractivity contribution in [1.29, 1.82) is 0 Å². The lowest BCUT2D eigenvalue weighted by Crippen LogP contribution is -2.48. The maximum absolute atomic E-state index is 3.36. The van der Waals surface area contributed by atoms with Crippen LogP contribution in [0.25, 0.3) is 0 Å². The third-order valence-corrected chi connectivity index (χ3v) is 2.01. The molecule has 2 aliphatic rings. The van der Waals surface area contributed by atoms with Crippen molar-refractivity contribution in [2.45, 2.75) is 0 Å². The topological polar surface area (TPSA) is 15.3 Å². The molecule has 0 spiro atoms. The zero-order valence-electron chi connectivity index (χ0n) is 5.51. The molecule has 1 N–H and O–H groups in total. The van der Waals surface area contributed by atoms with Crippen molar-refractivity contribution in [2.75, 3.05) is 26.3 Å². The van der Waals surface area contributed by atoms with Gasteiger partial charge in [-0.25, -0.2) is 0 Å². The van der Waals surface area contributed by atoms with Crippen LogP contribution in [0.2, 0.25) is 0 Å². The highest BCUT2D eigenvalue weighted by Gasteiger charge is 2.18. The minimum Gasteiger partial charge on any atom is -0.304 e. The van der Waals surface area contributed by atoms with Crippen LogP contribution >= 0.6 is 0 Å². The summed E-state index contributed by atoms with van der Waals surface area (Å²) in [6, 6.07) is 0. The minimum absolute atomic E-state index is 0.785. The predicted molar refractivity (Wildman–Crippen MR) is 37.1 cm³/mol. The van der Waals surface area contributed by atoms with Crippen LogP contribution in [-0.4, -0.2) is 31.2 Å². The Labute approximate surface area is 55.5 Å². The van der Waals surface area contributed by atoms with Crippen molar-refractivity contribution < 1.29 is 0 Å². The lowest BCUT2D eigenvalue weighted by Gasteiger charge is -2.34. The molecule has 0 aromatic heterocycles. The van der Waals surface area contributed by atoms with Crippen LogP contribution in [0.3, 0.4) is 0 Å². The molecule has 2 heteroatoms. The van der Waals surface area contributed by atoms with E-state index in [9.17, 15) is 0 Å². The van der Waals surface area contributed by atoms with Crippen molar-refractivity contribution in [1.82, 2.24) is 10.2 Å². The van der Waals surface area contributed by atoms with Gasteiger partial charge < -0.3 is 5.32 Å². The van der Waals surface area contributed by atoms with Gasteiger partial charge >= 0.3 is 0 Å². The maximum atomic E-state index is 3.36. The smallest absolute Gasteiger partial charge is 0.0483 e. The Balaban J connectivity index is 2.09. The highest BCUT2D eigenvalue weighted by Crippen LogP contribution is 2.10. The van der Waals surface area contributed by atoms with Gasteiger partial charge in [0.15, 0.2) is 0 Å². The Hall–Kier alpha value is -0.340. The number of nitrogens with one attached hydrogen (secondary N) is 1. The molecule has 2 heterocycles. The second-order valence-electron chi connectivity index (χ2n) is 2.84. The summed E-state index contributed by atoms with van der Waals surface area (Å²) < 4.78 is 0. The van der Waals surface area contributed by atoms with Gasteiger partial charge in [-0.2, -0.15) is 0 Å². The third-order valence-electron chi connectivity index (χ3n) is 2.01. The van der Waals surface area contributed by atoms with Crippen LogP contribution in [0.4, 0.5) is 0 Å². The quantitative estimate of drug-likeness (QED) is 0.458. The summed E-state index contributed by atoms with van der Waals surface area (Å²) in [6.45, 7) is 4.67.